The zero-order chi connectivity index (χ0) is 12.5. The molecule has 0 aromatic carbocycles. The van der Waals surface area contributed by atoms with Crippen LogP contribution in [-0.4, -0.2) is 5.78 Å². The second-order valence-corrected chi connectivity index (χ2v) is 7.55. The Labute approximate surface area is 123 Å². The highest BCUT2D eigenvalue weighted by Gasteiger charge is 2.18. The van der Waals surface area contributed by atoms with Crippen LogP contribution in [0.5, 0.6) is 0 Å². The fourth-order valence-electron chi connectivity index (χ4n) is 2.31. The van der Waals surface area contributed by atoms with Gasteiger partial charge in [0.1, 0.15) is 0 Å². The molecule has 0 bridgehead atoms. The fourth-order valence-corrected chi connectivity index (χ4v) is 4.99. The summed E-state index contributed by atoms with van der Waals surface area (Å²) in [6.45, 7) is 0. The van der Waals surface area contributed by atoms with Crippen LogP contribution in [0.15, 0.2) is 22.0 Å². The topological polar surface area (TPSA) is 17.1 Å². The summed E-state index contributed by atoms with van der Waals surface area (Å²) in [5.41, 5.74) is 1.42. The summed E-state index contributed by atoms with van der Waals surface area (Å²) in [5.74, 6) is 0.262. The molecule has 1 aliphatic rings. The molecule has 1 nitrogen and oxygen atoms in total. The predicted octanol–water partition coefficient (Wildman–Crippen LogP) is 4.88. The number of halogens is 1. The number of carbonyl (C=O) groups is 1. The molecule has 4 heteroatoms. The molecule has 2 aromatic heterocycles. The van der Waals surface area contributed by atoms with Gasteiger partial charge in [-0.15, -0.1) is 22.7 Å². The maximum absolute atomic E-state index is 12.3. The summed E-state index contributed by atoms with van der Waals surface area (Å²) >= 11 is 6.84. The lowest BCUT2D eigenvalue weighted by atomic mass is 9.99. The van der Waals surface area contributed by atoms with Gasteiger partial charge in [0.05, 0.1) is 4.88 Å². The van der Waals surface area contributed by atoms with Crippen molar-refractivity contribution >= 4 is 44.4 Å². The lowest BCUT2D eigenvalue weighted by Crippen LogP contribution is -2.00. The summed E-state index contributed by atoms with van der Waals surface area (Å²) in [6, 6.07) is 4.13. The van der Waals surface area contributed by atoms with Crippen LogP contribution in [0.4, 0.5) is 0 Å². The van der Waals surface area contributed by atoms with Crippen molar-refractivity contribution in [2.75, 3.05) is 0 Å². The van der Waals surface area contributed by atoms with Crippen molar-refractivity contribution in [2.24, 2.45) is 0 Å². The summed E-state index contributed by atoms with van der Waals surface area (Å²) in [5, 5.41) is 2.02. The van der Waals surface area contributed by atoms with Crippen LogP contribution in [-0.2, 0) is 19.3 Å². The largest absolute Gasteiger partial charge is 0.293 e. The van der Waals surface area contributed by atoms with Gasteiger partial charge in [-0.05, 0) is 64.7 Å². The molecule has 1 aliphatic carbocycles. The number of carbonyl (C=O) groups excluding carboxylic acids is 1. The van der Waals surface area contributed by atoms with E-state index in [1.165, 1.54) is 23.3 Å². The molecule has 94 valence electrons. The van der Waals surface area contributed by atoms with E-state index in [1.807, 2.05) is 11.4 Å². The Kier molecular flexibility index (Phi) is 3.68. The van der Waals surface area contributed by atoms with E-state index in [0.717, 1.165) is 27.1 Å². The zero-order valence-corrected chi connectivity index (χ0v) is 13.1. The van der Waals surface area contributed by atoms with Crippen LogP contribution >= 0.6 is 38.6 Å². The minimum Gasteiger partial charge on any atom is -0.293 e. The molecule has 0 unspecified atom stereocenters. The van der Waals surface area contributed by atoms with Crippen molar-refractivity contribution in [3.05, 3.63) is 42.2 Å². The van der Waals surface area contributed by atoms with Gasteiger partial charge in [-0.1, -0.05) is 0 Å². The fraction of sp³-hybridized carbons (Fsp3) is 0.357. The molecule has 0 N–H and O–H groups in total. The lowest BCUT2D eigenvalue weighted by Gasteiger charge is -2.08. The van der Waals surface area contributed by atoms with E-state index in [1.54, 1.807) is 22.7 Å². The van der Waals surface area contributed by atoms with Gasteiger partial charge >= 0.3 is 0 Å². The Hall–Kier alpha value is -0.450. The zero-order valence-electron chi connectivity index (χ0n) is 9.87. The third-order valence-corrected chi connectivity index (χ3v) is 6.49. The minimum atomic E-state index is 0.262. The lowest BCUT2D eigenvalue weighted by molar-refractivity contribution is 0.0997. The van der Waals surface area contributed by atoms with Crippen LogP contribution < -0.4 is 0 Å². The van der Waals surface area contributed by atoms with E-state index < -0.39 is 0 Å². The normalized spacial score (nSPS) is 14.5. The molecule has 0 radical (unpaired) electrons. The Balaban J connectivity index is 1.80. The number of ketones is 1. The van der Waals surface area contributed by atoms with E-state index >= 15 is 0 Å². The smallest absolute Gasteiger partial charge is 0.178 e. The maximum atomic E-state index is 12.3. The van der Waals surface area contributed by atoms with Gasteiger partial charge < -0.3 is 0 Å². The average Bonchev–Trinajstić information content (AvgIpc) is 2.96. The molecule has 0 aliphatic heterocycles. The van der Waals surface area contributed by atoms with E-state index in [9.17, 15) is 4.79 Å². The van der Waals surface area contributed by atoms with Crippen LogP contribution in [0.2, 0.25) is 0 Å². The molecule has 3 rings (SSSR count). The second kappa shape index (κ2) is 5.27. The molecule has 0 amide bonds. The summed E-state index contributed by atoms with van der Waals surface area (Å²) in [7, 11) is 0. The van der Waals surface area contributed by atoms with Crippen LogP contribution in [0.25, 0.3) is 0 Å². The molecule has 2 heterocycles. The van der Waals surface area contributed by atoms with Gasteiger partial charge in [-0.3, -0.25) is 4.79 Å². The van der Waals surface area contributed by atoms with Crippen molar-refractivity contribution in [1.29, 1.82) is 0 Å². The molecule has 0 saturated carbocycles. The van der Waals surface area contributed by atoms with Crippen LogP contribution in [0.1, 0.15) is 37.8 Å². The highest BCUT2D eigenvalue weighted by molar-refractivity contribution is 9.10. The van der Waals surface area contributed by atoms with Crippen LogP contribution in [0, 0.1) is 0 Å². The van der Waals surface area contributed by atoms with Crippen molar-refractivity contribution in [3.8, 4) is 0 Å². The monoisotopic (exact) mass is 340 g/mol. The Morgan fingerprint density at radius 3 is 2.89 bits per heavy atom. The molecule has 0 fully saturated rings. The van der Waals surface area contributed by atoms with Crippen LogP contribution in [0.3, 0.4) is 0 Å². The number of hydrogen-bond donors (Lipinski definition) is 0. The third-order valence-electron chi connectivity index (χ3n) is 3.28. The number of Topliss-reactive ketones (excluding diaryl/α,β-unsaturated/α-hetero) is 1. The summed E-state index contributed by atoms with van der Waals surface area (Å²) in [4.78, 5) is 15.8. The highest BCUT2D eigenvalue weighted by atomic mass is 79.9. The van der Waals surface area contributed by atoms with Crippen molar-refractivity contribution in [1.82, 2.24) is 0 Å². The van der Waals surface area contributed by atoms with E-state index in [2.05, 4.69) is 22.0 Å². The van der Waals surface area contributed by atoms with Gasteiger partial charge in [0.25, 0.3) is 0 Å². The average molecular weight is 341 g/mol. The van der Waals surface area contributed by atoms with Gasteiger partial charge in [0.15, 0.2) is 5.78 Å². The molecule has 0 saturated heterocycles. The Morgan fingerprint density at radius 2 is 2.17 bits per heavy atom. The molecule has 0 atom stereocenters. The van der Waals surface area contributed by atoms with Crippen molar-refractivity contribution < 1.29 is 4.79 Å². The quantitative estimate of drug-likeness (QED) is 0.728. The van der Waals surface area contributed by atoms with E-state index in [4.69, 9.17) is 0 Å². The highest BCUT2D eigenvalue weighted by Crippen LogP contribution is 2.31. The van der Waals surface area contributed by atoms with E-state index in [0.29, 0.717) is 6.42 Å². The third kappa shape index (κ3) is 2.46. The van der Waals surface area contributed by atoms with E-state index in [-0.39, 0.29) is 5.78 Å². The molecule has 18 heavy (non-hydrogen) atoms. The first-order chi connectivity index (χ1) is 8.74. The number of thiophene rings is 2. The Morgan fingerprint density at radius 1 is 1.33 bits per heavy atom. The van der Waals surface area contributed by atoms with Gasteiger partial charge in [0.2, 0.25) is 0 Å². The number of fused-ring (bicyclic) bond motifs is 1. The summed E-state index contributed by atoms with van der Waals surface area (Å²) < 4.78 is 1.06. The Bertz CT molecular complexity index is 559. The first-order valence-electron chi connectivity index (χ1n) is 6.10. The predicted molar refractivity (Wildman–Crippen MR) is 81.0 cm³/mol. The molecule has 2 aromatic rings. The first kappa shape index (κ1) is 12.6. The van der Waals surface area contributed by atoms with Gasteiger partial charge in [-0.2, -0.15) is 0 Å². The second-order valence-electron chi connectivity index (χ2n) is 4.56. The first-order valence-corrected chi connectivity index (χ1v) is 8.59. The molecule has 0 spiro atoms. The number of aryl methyl sites for hydroxylation is 2. The maximum Gasteiger partial charge on any atom is 0.178 e. The number of hydrogen-bond acceptors (Lipinski definition) is 3. The van der Waals surface area contributed by atoms with Gasteiger partial charge in [-0.25, -0.2) is 0 Å². The molecular weight excluding hydrogens is 328 g/mol. The van der Waals surface area contributed by atoms with Crippen molar-refractivity contribution in [2.45, 2.75) is 32.1 Å². The number of rotatable bonds is 3. The SMILES string of the molecule is O=C(Cc1sccc1Br)c1cc2c(s1)CCCC2. The van der Waals surface area contributed by atoms with Crippen molar-refractivity contribution in [3.63, 3.8) is 0 Å². The minimum absolute atomic E-state index is 0.262. The molecular formula is C14H13BrOS2. The summed E-state index contributed by atoms with van der Waals surface area (Å²) in [6.07, 6.45) is 5.39. The van der Waals surface area contributed by atoms with Gasteiger partial charge in [0, 0.05) is 20.6 Å². The standard InChI is InChI=1S/C14H13BrOS2/c15-10-5-6-17-13(10)8-11(16)14-7-9-3-1-2-4-12(9)18-14/h5-7H,1-4,8H2.